The molecule has 0 spiro atoms. The van der Waals surface area contributed by atoms with Gasteiger partial charge in [0.15, 0.2) is 0 Å². The first kappa shape index (κ1) is 12.8. The fraction of sp³-hybridized carbons (Fsp3) is 0.0714. The molecule has 5 heteroatoms. The summed E-state index contributed by atoms with van der Waals surface area (Å²) in [6.07, 6.45) is 1.36. The zero-order valence-corrected chi connectivity index (χ0v) is 10.2. The lowest BCUT2D eigenvalue weighted by atomic mass is 10.2. The minimum absolute atomic E-state index is 0.120. The van der Waals surface area contributed by atoms with Gasteiger partial charge in [-0.15, -0.1) is 0 Å². The monoisotopic (exact) mass is 255 g/mol. The summed E-state index contributed by atoms with van der Waals surface area (Å²) in [6.45, 7) is 1.90. The maximum Gasteiger partial charge on any atom is 0.270 e. The van der Waals surface area contributed by atoms with Crippen molar-refractivity contribution in [1.29, 1.82) is 0 Å². The van der Waals surface area contributed by atoms with Crippen molar-refractivity contribution in [3.8, 4) is 5.75 Å². The molecule has 0 aliphatic rings. The van der Waals surface area contributed by atoms with E-state index in [0.717, 1.165) is 11.3 Å². The number of rotatable bonds is 3. The second-order valence-electron chi connectivity index (χ2n) is 4.02. The largest absolute Gasteiger partial charge is 0.872 e. The normalized spacial score (nSPS) is 10.8. The van der Waals surface area contributed by atoms with Crippen LogP contribution in [0.4, 0.5) is 11.4 Å². The summed E-state index contributed by atoms with van der Waals surface area (Å²) in [5.74, 6) is -0.289. The Morgan fingerprint density at radius 2 is 1.95 bits per heavy atom. The number of aryl methyl sites for hydroxylation is 1. The third kappa shape index (κ3) is 2.95. The number of para-hydroxylation sites is 1. The first-order valence-corrected chi connectivity index (χ1v) is 5.63. The van der Waals surface area contributed by atoms with Crippen LogP contribution >= 0.6 is 0 Å². The SMILES string of the molecule is Cc1ccccc1N=Cc1cc([N+](=O)[O-])ccc1[O-]. The number of nitrogens with zero attached hydrogens (tertiary/aromatic N) is 2. The molecule has 0 fully saturated rings. The number of hydrogen-bond acceptors (Lipinski definition) is 4. The number of aliphatic imine (C=N–C) groups is 1. The maximum atomic E-state index is 11.6. The Balaban J connectivity index is 2.35. The lowest BCUT2D eigenvalue weighted by Gasteiger charge is -2.08. The van der Waals surface area contributed by atoms with Gasteiger partial charge >= 0.3 is 0 Å². The van der Waals surface area contributed by atoms with Gasteiger partial charge in [-0.3, -0.25) is 15.1 Å². The summed E-state index contributed by atoms with van der Waals surface area (Å²) in [7, 11) is 0. The summed E-state index contributed by atoms with van der Waals surface area (Å²) < 4.78 is 0. The van der Waals surface area contributed by atoms with E-state index in [1.54, 1.807) is 0 Å². The zero-order valence-electron chi connectivity index (χ0n) is 10.2. The van der Waals surface area contributed by atoms with Crippen molar-refractivity contribution < 1.29 is 10.0 Å². The Morgan fingerprint density at radius 1 is 1.21 bits per heavy atom. The third-order valence-electron chi connectivity index (χ3n) is 2.66. The first-order valence-electron chi connectivity index (χ1n) is 5.63. The molecule has 19 heavy (non-hydrogen) atoms. The molecule has 2 aromatic rings. The highest BCUT2D eigenvalue weighted by Crippen LogP contribution is 2.21. The van der Waals surface area contributed by atoms with E-state index in [1.165, 1.54) is 24.4 Å². The quantitative estimate of drug-likeness (QED) is 0.480. The standard InChI is InChI=1S/C14H12N2O3/c1-10-4-2-3-5-13(10)15-9-11-8-12(16(18)19)6-7-14(11)17/h2-9,17H,1H3/p-1. The van der Waals surface area contributed by atoms with Crippen LogP contribution in [0.25, 0.3) is 0 Å². The summed E-state index contributed by atoms with van der Waals surface area (Å²) in [5, 5.41) is 22.2. The highest BCUT2D eigenvalue weighted by Gasteiger charge is 2.05. The molecule has 96 valence electrons. The lowest BCUT2D eigenvalue weighted by molar-refractivity contribution is -0.385. The molecule has 0 aliphatic heterocycles. The van der Waals surface area contributed by atoms with E-state index in [1.807, 2.05) is 31.2 Å². The van der Waals surface area contributed by atoms with E-state index >= 15 is 0 Å². The van der Waals surface area contributed by atoms with E-state index in [2.05, 4.69) is 4.99 Å². The Hall–Kier alpha value is -2.69. The fourth-order valence-corrected chi connectivity index (χ4v) is 1.60. The molecule has 0 unspecified atom stereocenters. The van der Waals surface area contributed by atoms with Crippen molar-refractivity contribution in [3.05, 3.63) is 63.7 Å². The van der Waals surface area contributed by atoms with Crippen LogP contribution in [0, 0.1) is 17.0 Å². The number of non-ortho nitro benzene ring substituents is 1. The minimum Gasteiger partial charge on any atom is -0.872 e. The molecule has 0 saturated heterocycles. The molecular weight excluding hydrogens is 244 g/mol. The minimum atomic E-state index is -0.537. The summed E-state index contributed by atoms with van der Waals surface area (Å²) in [4.78, 5) is 14.3. The second kappa shape index (κ2) is 5.30. The van der Waals surface area contributed by atoms with Gasteiger partial charge in [0.2, 0.25) is 0 Å². The smallest absolute Gasteiger partial charge is 0.270 e. The molecule has 0 aliphatic carbocycles. The molecular formula is C14H11N2O3-. The Labute approximate surface area is 110 Å². The van der Waals surface area contributed by atoms with Crippen LogP contribution in [-0.4, -0.2) is 11.1 Å². The van der Waals surface area contributed by atoms with Gasteiger partial charge in [-0.2, -0.15) is 0 Å². The van der Waals surface area contributed by atoms with Crippen molar-refractivity contribution in [1.82, 2.24) is 0 Å². The molecule has 0 saturated carbocycles. The fourth-order valence-electron chi connectivity index (χ4n) is 1.60. The highest BCUT2D eigenvalue weighted by molar-refractivity contribution is 5.86. The van der Waals surface area contributed by atoms with Gasteiger partial charge in [0.25, 0.3) is 5.69 Å². The number of nitro benzene ring substituents is 1. The summed E-state index contributed by atoms with van der Waals surface area (Å²) in [5.41, 5.74) is 1.79. The Bertz CT molecular complexity index is 651. The number of benzene rings is 2. The topological polar surface area (TPSA) is 78.6 Å². The van der Waals surface area contributed by atoms with Crippen molar-refractivity contribution in [2.75, 3.05) is 0 Å². The Morgan fingerprint density at radius 3 is 2.63 bits per heavy atom. The van der Waals surface area contributed by atoms with Crippen LogP contribution in [-0.2, 0) is 0 Å². The van der Waals surface area contributed by atoms with Crippen LogP contribution in [0.5, 0.6) is 5.75 Å². The third-order valence-corrected chi connectivity index (χ3v) is 2.66. The summed E-state index contributed by atoms with van der Waals surface area (Å²) >= 11 is 0. The van der Waals surface area contributed by atoms with Gasteiger partial charge in [-0.25, -0.2) is 0 Å². The van der Waals surface area contributed by atoms with E-state index in [4.69, 9.17) is 0 Å². The van der Waals surface area contributed by atoms with E-state index < -0.39 is 4.92 Å². The van der Waals surface area contributed by atoms with Gasteiger partial charge in [0.05, 0.1) is 10.6 Å². The molecule has 0 aromatic heterocycles. The molecule has 2 aromatic carbocycles. The van der Waals surface area contributed by atoms with E-state index in [-0.39, 0.29) is 17.0 Å². The predicted octanol–water partition coefficient (Wildman–Crippen LogP) is 2.73. The van der Waals surface area contributed by atoms with Gasteiger partial charge < -0.3 is 5.11 Å². The van der Waals surface area contributed by atoms with Crippen molar-refractivity contribution in [2.45, 2.75) is 6.92 Å². The molecule has 0 amide bonds. The van der Waals surface area contributed by atoms with Gasteiger partial charge in [0, 0.05) is 18.3 Å². The van der Waals surface area contributed by atoms with Crippen molar-refractivity contribution >= 4 is 17.6 Å². The van der Waals surface area contributed by atoms with Gasteiger partial charge in [-0.05, 0) is 24.1 Å². The van der Waals surface area contributed by atoms with E-state index in [0.29, 0.717) is 0 Å². The predicted molar refractivity (Wildman–Crippen MR) is 71.0 cm³/mol. The zero-order chi connectivity index (χ0) is 13.8. The number of nitro groups is 1. The maximum absolute atomic E-state index is 11.6. The molecule has 5 nitrogen and oxygen atoms in total. The lowest BCUT2D eigenvalue weighted by Crippen LogP contribution is -1.98. The highest BCUT2D eigenvalue weighted by atomic mass is 16.6. The van der Waals surface area contributed by atoms with Crippen LogP contribution in [0.3, 0.4) is 0 Å². The average molecular weight is 255 g/mol. The molecule has 0 radical (unpaired) electrons. The van der Waals surface area contributed by atoms with Crippen LogP contribution < -0.4 is 5.11 Å². The second-order valence-corrected chi connectivity index (χ2v) is 4.02. The van der Waals surface area contributed by atoms with Gasteiger partial charge in [0.1, 0.15) is 0 Å². The van der Waals surface area contributed by atoms with Crippen LogP contribution in [0.15, 0.2) is 47.5 Å². The average Bonchev–Trinajstić information content (AvgIpc) is 2.39. The molecule has 2 rings (SSSR count). The Kier molecular flexibility index (Phi) is 3.56. The van der Waals surface area contributed by atoms with Crippen LogP contribution in [0.1, 0.15) is 11.1 Å². The molecule has 0 atom stereocenters. The first-order chi connectivity index (χ1) is 9.08. The van der Waals surface area contributed by atoms with Crippen molar-refractivity contribution in [3.63, 3.8) is 0 Å². The molecule has 0 N–H and O–H groups in total. The number of hydrogen-bond donors (Lipinski definition) is 0. The molecule has 0 heterocycles. The van der Waals surface area contributed by atoms with E-state index in [9.17, 15) is 15.2 Å². The van der Waals surface area contributed by atoms with Crippen LogP contribution in [0.2, 0.25) is 0 Å². The van der Waals surface area contributed by atoms with Crippen molar-refractivity contribution in [2.24, 2.45) is 4.99 Å². The van der Waals surface area contributed by atoms with Gasteiger partial charge in [-0.1, -0.05) is 30.0 Å². The molecule has 0 bridgehead atoms. The summed E-state index contributed by atoms with van der Waals surface area (Å²) in [6, 6.07) is 11.0.